The number of aromatic nitrogens is 1. The Morgan fingerprint density at radius 1 is 0.920 bits per heavy atom. The van der Waals surface area contributed by atoms with Crippen molar-refractivity contribution in [2.24, 2.45) is 0 Å². The lowest BCUT2D eigenvalue weighted by Gasteiger charge is -2.32. The van der Waals surface area contributed by atoms with Gasteiger partial charge in [-0.1, -0.05) is 18.2 Å². The van der Waals surface area contributed by atoms with Gasteiger partial charge in [0.1, 0.15) is 0 Å². The largest absolute Gasteiger partial charge is 0.514 e. The number of rotatable bonds is 2. The van der Waals surface area contributed by atoms with Crippen LogP contribution in [-0.4, -0.2) is 23.3 Å². The van der Waals surface area contributed by atoms with Crippen LogP contribution in [0, 0.1) is 0 Å². The summed E-state index contributed by atoms with van der Waals surface area (Å²) in [7, 11) is -0.597. The summed E-state index contributed by atoms with van der Waals surface area (Å²) in [6, 6.07) is 8.63. The van der Waals surface area contributed by atoms with Crippen LogP contribution in [0.4, 0.5) is 13.2 Å². The topological polar surface area (TPSA) is 31.4 Å². The van der Waals surface area contributed by atoms with Crippen LogP contribution in [0.5, 0.6) is 0 Å². The molecule has 1 aliphatic rings. The molecule has 0 spiro atoms. The highest BCUT2D eigenvalue weighted by Crippen LogP contribution is 2.36. The summed E-state index contributed by atoms with van der Waals surface area (Å²) in [5.74, 6) is 0. The van der Waals surface area contributed by atoms with Gasteiger partial charge in [0.25, 0.3) is 0 Å². The average molecular weight is 349 g/mol. The summed E-state index contributed by atoms with van der Waals surface area (Å²) >= 11 is 0. The maximum Gasteiger partial charge on any atom is 0.514 e. The van der Waals surface area contributed by atoms with Crippen LogP contribution in [0.1, 0.15) is 33.3 Å². The Morgan fingerprint density at radius 2 is 1.56 bits per heavy atom. The first-order chi connectivity index (χ1) is 11.5. The molecule has 25 heavy (non-hydrogen) atoms. The van der Waals surface area contributed by atoms with Crippen molar-refractivity contribution in [3.8, 4) is 11.1 Å². The van der Waals surface area contributed by atoms with Gasteiger partial charge in [0.2, 0.25) is 0 Å². The molecule has 1 fully saturated rings. The molecule has 0 amide bonds. The zero-order chi connectivity index (χ0) is 18.5. The SMILES string of the molecule is CC1(C)OB(c2ccc(-c3cccc(C(F)(F)F)c3)cn2)OC1(C)C. The fraction of sp³-hybridized carbons (Fsp3) is 0.389. The van der Waals surface area contributed by atoms with E-state index >= 15 is 0 Å². The Labute approximate surface area is 145 Å². The molecule has 1 saturated heterocycles. The fourth-order valence-corrected chi connectivity index (χ4v) is 2.55. The molecular weight excluding hydrogens is 330 g/mol. The van der Waals surface area contributed by atoms with E-state index in [4.69, 9.17) is 9.31 Å². The third kappa shape index (κ3) is 3.44. The highest BCUT2D eigenvalue weighted by Gasteiger charge is 2.52. The predicted octanol–water partition coefficient (Wildman–Crippen LogP) is 4.07. The minimum atomic E-state index is -4.37. The predicted molar refractivity (Wildman–Crippen MR) is 90.4 cm³/mol. The standard InChI is InChI=1S/C18H19BF3NO2/c1-16(2)17(3,4)25-19(24-16)15-9-8-13(11-23-15)12-6-5-7-14(10-12)18(20,21)22/h5-11H,1-4H3. The van der Waals surface area contributed by atoms with Crippen LogP contribution in [0.2, 0.25) is 0 Å². The van der Waals surface area contributed by atoms with Gasteiger partial charge in [-0.2, -0.15) is 13.2 Å². The maximum absolute atomic E-state index is 12.8. The number of hydrogen-bond acceptors (Lipinski definition) is 3. The van der Waals surface area contributed by atoms with Crippen molar-refractivity contribution >= 4 is 12.7 Å². The lowest BCUT2D eigenvalue weighted by Crippen LogP contribution is -2.41. The first-order valence-corrected chi connectivity index (χ1v) is 7.99. The van der Waals surface area contributed by atoms with Crippen LogP contribution >= 0.6 is 0 Å². The Bertz CT molecular complexity index is 757. The Hall–Kier alpha value is -1.86. The highest BCUT2D eigenvalue weighted by atomic mass is 19.4. The molecule has 0 atom stereocenters. The first-order valence-electron chi connectivity index (χ1n) is 7.99. The second-order valence-electron chi connectivity index (χ2n) is 7.14. The average Bonchev–Trinajstić information content (AvgIpc) is 2.75. The van der Waals surface area contributed by atoms with Crippen LogP contribution in [-0.2, 0) is 15.5 Å². The molecule has 0 N–H and O–H groups in total. The van der Waals surface area contributed by atoms with Gasteiger partial charge in [-0.15, -0.1) is 0 Å². The number of hydrogen-bond donors (Lipinski definition) is 0. The van der Waals surface area contributed by atoms with Crippen molar-refractivity contribution < 1.29 is 22.5 Å². The number of nitrogens with zero attached hydrogens (tertiary/aromatic N) is 1. The molecule has 1 aliphatic heterocycles. The van der Waals surface area contributed by atoms with Crippen molar-refractivity contribution in [3.05, 3.63) is 48.2 Å². The molecule has 0 radical (unpaired) electrons. The number of alkyl halides is 3. The van der Waals surface area contributed by atoms with E-state index < -0.39 is 30.1 Å². The van der Waals surface area contributed by atoms with Gasteiger partial charge in [0.05, 0.1) is 22.4 Å². The van der Waals surface area contributed by atoms with E-state index in [2.05, 4.69) is 4.98 Å². The number of pyridine rings is 1. The minimum Gasteiger partial charge on any atom is -0.398 e. The maximum atomic E-state index is 12.8. The summed E-state index contributed by atoms with van der Waals surface area (Å²) in [6.07, 6.45) is -2.83. The molecule has 132 valence electrons. The molecule has 3 nitrogen and oxygen atoms in total. The van der Waals surface area contributed by atoms with Crippen molar-refractivity contribution in [2.45, 2.75) is 45.1 Å². The van der Waals surface area contributed by atoms with Gasteiger partial charge >= 0.3 is 13.3 Å². The third-order valence-corrected chi connectivity index (χ3v) is 4.80. The van der Waals surface area contributed by atoms with E-state index in [-0.39, 0.29) is 0 Å². The van der Waals surface area contributed by atoms with E-state index in [1.165, 1.54) is 12.3 Å². The molecule has 3 rings (SSSR count). The number of halogens is 3. The van der Waals surface area contributed by atoms with Crippen molar-refractivity contribution in [2.75, 3.05) is 0 Å². The van der Waals surface area contributed by atoms with E-state index in [0.29, 0.717) is 16.7 Å². The second kappa shape index (κ2) is 5.85. The zero-order valence-corrected chi connectivity index (χ0v) is 14.5. The van der Waals surface area contributed by atoms with Crippen molar-refractivity contribution in [3.63, 3.8) is 0 Å². The quantitative estimate of drug-likeness (QED) is 0.766. The highest BCUT2D eigenvalue weighted by molar-refractivity contribution is 6.61. The van der Waals surface area contributed by atoms with E-state index in [1.807, 2.05) is 27.7 Å². The number of benzene rings is 1. The second-order valence-corrected chi connectivity index (χ2v) is 7.14. The molecule has 0 saturated carbocycles. The van der Waals surface area contributed by atoms with Crippen LogP contribution < -0.4 is 5.59 Å². The van der Waals surface area contributed by atoms with Crippen LogP contribution in [0.25, 0.3) is 11.1 Å². The molecule has 0 unspecified atom stereocenters. The van der Waals surface area contributed by atoms with Crippen molar-refractivity contribution in [1.29, 1.82) is 0 Å². The van der Waals surface area contributed by atoms with Gasteiger partial charge in [-0.05, 0) is 57.0 Å². The lowest BCUT2D eigenvalue weighted by atomic mass is 9.84. The van der Waals surface area contributed by atoms with Gasteiger partial charge in [0.15, 0.2) is 0 Å². The van der Waals surface area contributed by atoms with Gasteiger partial charge in [-0.3, -0.25) is 4.98 Å². The summed E-state index contributed by atoms with van der Waals surface area (Å²) in [4.78, 5) is 4.33. The molecule has 1 aromatic heterocycles. The minimum absolute atomic E-state index is 0.461. The smallest absolute Gasteiger partial charge is 0.398 e. The monoisotopic (exact) mass is 349 g/mol. The Balaban J connectivity index is 1.85. The van der Waals surface area contributed by atoms with Crippen LogP contribution in [0.3, 0.4) is 0 Å². The Morgan fingerprint density at radius 3 is 2.08 bits per heavy atom. The summed E-state index contributed by atoms with van der Waals surface area (Å²) in [6.45, 7) is 7.79. The summed E-state index contributed by atoms with van der Waals surface area (Å²) < 4.78 is 50.4. The molecule has 1 aromatic carbocycles. The molecular formula is C18H19BF3NO2. The molecule has 0 bridgehead atoms. The van der Waals surface area contributed by atoms with Gasteiger partial charge in [0, 0.05) is 6.20 Å². The van der Waals surface area contributed by atoms with E-state index in [0.717, 1.165) is 12.1 Å². The van der Waals surface area contributed by atoms with Crippen molar-refractivity contribution in [1.82, 2.24) is 4.98 Å². The van der Waals surface area contributed by atoms with E-state index in [1.54, 1.807) is 18.2 Å². The fourth-order valence-electron chi connectivity index (χ4n) is 2.55. The van der Waals surface area contributed by atoms with Gasteiger partial charge < -0.3 is 9.31 Å². The lowest BCUT2D eigenvalue weighted by molar-refractivity contribution is -0.137. The molecule has 2 heterocycles. The Kier molecular flexibility index (Phi) is 4.20. The zero-order valence-electron chi connectivity index (χ0n) is 14.5. The third-order valence-electron chi connectivity index (χ3n) is 4.80. The normalized spacial score (nSPS) is 19.2. The van der Waals surface area contributed by atoms with E-state index in [9.17, 15) is 13.2 Å². The summed E-state index contributed by atoms with van der Waals surface area (Å²) in [5, 5.41) is 0. The molecule has 0 aliphatic carbocycles. The summed E-state index contributed by atoms with van der Waals surface area (Å²) in [5.41, 5.74) is 0.0292. The molecule has 7 heteroatoms. The van der Waals surface area contributed by atoms with Crippen LogP contribution in [0.15, 0.2) is 42.6 Å². The van der Waals surface area contributed by atoms with Gasteiger partial charge in [-0.25, -0.2) is 0 Å². The first kappa shape index (κ1) is 18.0. The molecule has 2 aromatic rings.